The van der Waals surface area contributed by atoms with E-state index in [-0.39, 0.29) is 17.9 Å². The van der Waals surface area contributed by atoms with Crippen molar-refractivity contribution in [3.05, 3.63) is 17.0 Å². The molecule has 1 aromatic heterocycles. The molecule has 1 amide bonds. The van der Waals surface area contributed by atoms with Gasteiger partial charge in [0.15, 0.2) is 0 Å². The fourth-order valence-electron chi connectivity index (χ4n) is 2.56. The van der Waals surface area contributed by atoms with Crippen molar-refractivity contribution in [1.82, 2.24) is 10.1 Å². The van der Waals surface area contributed by atoms with Crippen molar-refractivity contribution in [2.45, 2.75) is 66.0 Å². The van der Waals surface area contributed by atoms with Crippen LogP contribution in [0.1, 0.15) is 57.1 Å². The lowest BCUT2D eigenvalue weighted by molar-refractivity contribution is -0.134. The molecule has 0 saturated carbocycles. The Morgan fingerprint density at radius 2 is 1.90 bits per heavy atom. The molecule has 114 valence electrons. The minimum Gasteiger partial charge on any atom is -0.392 e. The van der Waals surface area contributed by atoms with Gasteiger partial charge in [0.05, 0.1) is 11.8 Å². The number of rotatable bonds is 6. The van der Waals surface area contributed by atoms with Crippen LogP contribution >= 0.6 is 0 Å². The number of nitrogens with zero attached hydrogens (tertiary/aromatic N) is 2. The first-order valence-corrected chi connectivity index (χ1v) is 7.14. The first-order chi connectivity index (χ1) is 9.23. The van der Waals surface area contributed by atoms with Crippen LogP contribution in [0.25, 0.3) is 0 Å². The van der Waals surface area contributed by atoms with Crippen LogP contribution in [0.15, 0.2) is 4.52 Å². The summed E-state index contributed by atoms with van der Waals surface area (Å²) < 4.78 is 5.16. The molecule has 20 heavy (non-hydrogen) atoms. The zero-order valence-corrected chi connectivity index (χ0v) is 13.3. The summed E-state index contributed by atoms with van der Waals surface area (Å²) in [4.78, 5) is 14.1. The predicted octanol–water partition coefficient (Wildman–Crippen LogP) is 2.40. The average molecular weight is 282 g/mol. The molecule has 5 nitrogen and oxygen atoms in total. The van der Waals surface area contributed by atoms with Crippen molar-refractivity contribution in [3.63, 3.8) is 0 Å². The van der Waals surface area contributed by atoms with Gasteiger partial charge in [-0.25, -0.2) is 0 Å². The minimum atomic E-state index is -0.518. The summed E-state index contributed by atoms with van der Waals surface area (Å²) in [5.74, 6) is 0.881. The lowest BCUT2D eigenvalue weighted by atomic mass is 9.95. The summed E-state index contributed by atoms with van der Waals surface area (Å²) in [7, 11) is 0. The molecule has 1 N–H and O–H groups in total. The van der Waals surface area contributed by atoms with Crippen LogP contribution in [-0.4, -0.2) is 39.8 Å². The third-order valence-electron chi connectivity index (χ3n) is 3.47. The van der Waals surface area contributed by atoms with E-state index in [9.17, 15) is 9.90 Å². The van der Waals surface area contributed by atoms with Crippen LogP contribution in [0.2, 0.25) is 0 Å². The number of carbonyl (C=O) groups is 1. The van der Waals surface area contributed by atoms with E-state index in [0.29, 0.717) is 13.0 Å². The van der Waals surface area contributed by atoms with E-state index in [1.807, 2.05) is 34.6 Å². The Balaban J connectivity index is 2.78. The second-order valence-electron chi connectivity index (χ2n) is 5.83. The SMILES string of the molecule is Cc1noc(C)c1C(C)CC(=O)N(CC(C)O)C(C)C. The molecule has 0 spiro atoms. The average Bonchev–Trinajstić information content (AvgIpc) is 2.65. The number of hydrogen-bond donors (Lipinski definition) is 1. The van der Waals surface area contributed by atoms with Crippen LogP contribution in [0, 0.1) is 13.8 Å². The van der Waals surface area contributed by atoms with Gasteiger partial charge in [-0.05, 0) is 40.5 Å². The van der Waals surface area contributed by atoms with E-state index in [4.69, 9.17) is 4.52 Å². The van der Waals surface area contributed by atoms with Crippen molar-refractivity contribution < 1.29 is 14.4 Å². The molecule has 0 aromatic carbocycles. The molecule has 0 bridgehead atoms. The Hall–Kier alpha value is -1.36. The maximum absolute atomic E-state index is 12.4. The minimum absolute atomic E-state index is 0.0494. The summed E-state index contributed by atoms with van der Waals surface area (Å²) in [6.45, 7) is 11.7. The van der Waals surface area contributed by atoms with E-state index < -0.39 is 6.10 Å². The molecule has 2 atom stereocenters. The quantitative estimate of drug-likeness (QED) is 0.870. The van der Waals surface area contributed by atoms with E-state index in [1.165, 1.54) is 0 Å². The topological polar surface area (TPSA) is 66.6 Å². The molecule has 5 heteroatoms. The van der Waals surface area contributed by atoms with Crippen molar-refractivity contribution in [2.24, 2.45) is 0 Å². The zero-order valence-electron chi connectivity index (χ0n) is 13.3. The Morgan fingerprint density at radius 3 is 2.30 bits per heavy atom. The monoisotopic (exact) mass is 282 g/mol. The van der Waals surface area contributed by atoms with Crippen LogP contribution in [0.4, 0.5) is 0 Å². The number of aliphatic hydroxyl groups is 1. The van der Waals surface area contributed by atoms with Gasteiger partial charge in [-0.15, -0.1) is 0 Å². The van der Waals surface area contributed by atoms with Gasteiger partial charge in [-0.1, -0.05) is 12.1 Å². The first-order valence-electron chi connectivity index (χ1n) is 7.14. The standard InChI is InChI=1S/C15H26N2O3/c1-9(2)17(8-11(4)18)14(19)7-10(3)15-12(5)16-20-13(15)6/h9-11,18H,7-8H2,1-6H3. The molecule has 0 fully saturated rings. The fraction of sp³-hybridized carbons (Fsp3) is 0.733. The summed E-state index contributed by atoms with van der Waals surface area (Å²) in [6.07, 6.45) is -0.121. The van der Waals surface area contributed by atoms with E-state index >= 15 is 0 Å². The maximum Gasteiger partial charge on any atom is 0.223 e. The highest BCUT2D eigenvalue weighted by Crippen LogP contribution is 2.26. The number of hydrogen-bond acceptors (Lipinski definition) is 4. The number of aryl methyl sites for hydroxylation is 2. The third kappa shape index (κ3) is 4.07. The Bertz CT molecular complexity index is 432. The lowest BCUT2D eigenvalue weighted by Gasteiger charge is -2.29. The molecule has 1 rings (SSSR count). The van der Waals surface area contributed by atoms with Crippen molar-refractivity contribution in [3.8, 4) is 0 Å². The van der Waals surface area contributed by atoms with Crippen molar-refractivity contribution in [2.75, 3.05) is 6.54 Å². The molecule has 1 aromatic rings. The summed E-state index contributed by atoms with van der Waals surface area (Å²) in [6, 6.07) is 0.0777. The molecule has 0 radical (unpaired) electrons. The molecular weight excluding hydrogens is 256 g/mol. The largest absolute Gasteiger partial charge is 0.392 e. The molecule has 0 aliphatic rings. The van der Waals surface area contributed by atoms with E-state index in [0.717, 1.165) is 17.0 Å². The summed E-state index contributed by atoms with van der Waals surface area (Å²) in [5, 5.41) is 13.4. The number of amides is 1. The van der Waals surface area contributed by atoms with Gasteiger partial charge in [0.2, 0.25) is 5.91 Å². The second kappa shape index (κ2) is 6.88. The predicted molar refractivity (Wildman–Crippen MR) is 77.5 cm³/mol. The van der Waals surface area contributed by atoms with Gasteiger partial charge in [0.1, 0.15) is 5.76 Å². The van der Waals surface area contributed by atoms with E-state index in [1.54, 1.807) is 11.8 Å². The number of carbonyl (C=O) groups excluding carboxylic acids is 1. The van der Waals surface area contributed by atoms with Gasteiger partial charge < -0.3 is 14.5 Å². The van der Waals surface area contributed by atoms with Crippen LogP contribution in [-0.2, 0) is 4.79 Å². The third-order valence-corrected chi connectivity index (χ3v) is 3.47. The maximum atomic E-state index is 12.4. The van der Waals surface area contributed by atoms with Gasteiger partial charge in [0.25, 0.3) is 0 Å². The van der Waals surface area contributed by atoms with Gasteiger partial charge in [0, 0.05) is 24.6 Å². The normalized spacial score (nSPS) is 14.4. The highest BCUT2D eigenvalue weighted by molar-refractivity contribution is 5.77. The fourth-order valence-corrected chi connectivity index (χ4v) is 2.56. The van der Waals surface area contributed by atoms with Crippen LogP contribution in [0.3, 0.4) is 0 Å². The second-order valence-corrected chi connectivity index (χ2v) is 5.83. The molecular formula is C15H26N2O3. The molecule has 0 aliphatic heterocycles. The lowest BCUT2D eigenvalue weighted by Crippen LogP contribution is -2.41. The smallest absolute Gasteiger partial charge is 0.223 e. The van der Waals surface area contributed by atoms with Crippen molar-refractivity contribution in [1.29, 1.82) is 0 Å². The van der Waals surface area contributed by atoms with Crippen molar-refractivity contribution >= 4 is 5.91 Å². The van der Waals surface area contributed by atoms with Gasteiger partial charge >= 0.3 is 0 Å². The molecule has 1 heterocycles. The van der Waals surface area contributed by atoms with Gasteiger partial charge in [-0.3, -0.25) is 4.79 Å². The molecule has 2 unspecified atom stereocenters. The highest BCUT2D eigenvalue weighted by atomic mass is 16.5. The molecule has 0 saturated heterocycles. The van der Waals surface area contributed by atoms with Crippen LogP contribution < -0.4 is 0 Å². The highest BCUT2D eigenvalue weighted by Gasteiger charge is 2.24. The first kappa shape index (κ1) is 16.7. The zero-order chi connectivity index (χ0) is 15.4. The van der Waals surface area contributed by atoms with Crippen LogP contribution in [0.5, 0.6) is 0 Å². The summed E-state index contributed by atoms with van der Waals surface area (Å²) in [5.41, 5.74) is 1.86. The Morgan fingerprint density at radius 1 is 1.30 bits per heavy atom. The number of aliphatic hydroxyl groups excluding tert-OH is 1. The van der Waals surface area contributed by atoms with E-state index in [2.05, 4.69) is 5.16 Å². The molecule has 0 aliphatic carbocycles. The Kier molecular flexibility index (Phi) is 5.74. The van der Waals surface area contributed by atoms with Gasteiger partial charge in [-0.2, -0.15) is 0 Å². The number of aromatic nitrogens is 1. The Labute approximate surface area is 120 Å². The summed E-state index contributed by atoms with van der Waals surface area (Å²) >= 11 is 0.